The number of aromatic nitrogens is 1. The maximum absolute atomic E-state index is 10.8. The lowest BCUT2D eigenvalue weighted by Crippen LogP contribution is -2.37. The summed E-state index contributed by atoms with van der Waals surface area (Å²) in [5, 5.41) is 25.8. The molecular formula is C20H21ClN2O2. The average molecular weight is 357 g/mol. The number of pyridine rings is 1. The van der Waals surface area contributed by atoms with Crippen molar-refractivity contribution in [3.8, 4) is 5.75 Å². The van der Waals surface area contributed by atoms with E-state index >= 15 is 0 Å². The minimum absolute atomic E-state index is 0.0236. The quantitative estimate of drug-likeness (QED) is 0.598. The summed E-state index contributed by atoms with van der Waals surface area (Å²) in [5.41, 5.74) is 2.10. The van der Waals surface area contributed by atoms with Crippen LogP contribution >= 0.6 is 11.6 Å². The van der Waals surface area contributed by atoms with Gasteiger partial charge in [0.15, 0.2) is 0 Å². The van der Waals surface area contributed by atoms with Crippen molar-refractivity contribution >= 4 is 22.5 Å². The molecule has 25 heavy (non-hydrogen) atoms. The molecule has 0 aliphatic rings. The van der Waals surface area contributed by atoms with Crippen LogP contribution in [0.15, 0.2) is 54.7 Å². The van der Waals surface area contributed by atoms with Crippen LogP contribution in [-0.4, -0.2) is 21.4 Å². The number of fused-ring (bicyclic) bond motifs is 1. The van der Waals surface area contributed by atoms with Gasteiger partial charge < -0.3 is 10.2 Å². The first-order chi connectivity index (χ1) is 12.0. The molecule has 0 saturated heterocycles. The number of hydrogen-bond acceptors (Lipinski definition) is 4. The molecule has 4 nitrogen and oxygen atoms in total. The van der Waals surface area contributed by atoms with Crippen LogP contribution in [0.25, 0.3) is 10.9 Å². The van der Waals surface area contributed by atoms with Gasteiger partial charge in [0.2, 0.25) is 0 Å². The van der Waals surface area contributed by atoms with Crippen molar-refractivity contribution in [3.05, 3.63) is 70.9 Å². The second-order valence-corrected chi connectivity index (χ2v) is 6.86. The zero-order valence-electron chi connectivity index (χ0n) is 14.1. The molecule has 2 unspecified atom stereocenters. The standard InChI is InChI=1S/C20H21ClN2O2/c1-12(2)20(25)23-17(14-5-8-15(21)9-6-14)16-10-7-13-4-3-11-22-18(13)19(16)24/h3-12,17,20,23-25H,1-2H3. The lowest BCUT2D eigenvalue weighted by Gasteiger charge is -2.26. The molecule has 0 aliphatic carbocycles. The Kier molecular flexibility index (Phi) is 5.23. The minimum Gasteiger partial charge on any atom is -0.505 e. The molecular weight excluding hydrogens is 336 g/mol. The Morgan fingerprint density at radius 2 is 1.76 bits per heavy atom. The van der Waals surface area contributed by atoms with Crippen LogP contribution < -0.4 is 5.32 Å². The van der Waals surface area contributed by atoms with E-state index in [1.165, 1.54) is 0 Å². The third-order valence-corrected chi connectivity index (χ3v) is 4.51. The predicted octanol–water partition coefficient (Wildman–Crippen LogP) is 4.25. The van der Waals surface area contributed by atoms with Crippen molar-refractivity contribution in [2.24, 2.45) is 5.92 Å². The molecule has 3 N–H and O–H groups in total. The third-order valence-electron chi connectivity index (χ3n) is 4.26. The summed E-state index contributed by atoms with van der Waals surface area (Å²) in [4.78, 5) is 4.28. The van der Waals surface area contributed by atoms with Crippen LogP contribution in [0.3, 0.4) is 0 Å². The number of aliphatic hydroxyl groups is 1. The van der Waals surface area contributed by atoms with Crippen molar-refractivity contribution < 1.29 is 10.2 Å². The molecule has 3 rings (SSSR count). The lowest BCUT2D eigenvalue weighted by molar-refractivity contribution is 0.0821. The van der Waals surface area contributed by atoms with Crippen LogP contribution in [0.5, 0.6) is 5.75 Å². The molecule has 0 saturated carbocycles. The van der Waals surface area contributed by atoms with Gasteiger partial charge in [0.05, 0.1) is 6.04 Å². The number of hydrogen-bond donors (Lipinski definition) is 3. The van der Waals surface area contributed by atoms with Crippen LogP contribution in [0.2, 0.25) is 5.02 Å². The molecule has 130 valence electrons. The van der Waals surface area contributed by atoms with Crippen molar-refractivity contribution in [2.75, 3.05) is 0 Å². The molecule has 0 bridgehead atoms. The van der Waals surface area contributed by atoms with Crippen LogP contribution in [-0.2, 0) is 0 Å². The van der Waals surface area contributed by atoms with E-state index in [1.807, 2.05) is 50.2 Å². The molecule has 0 fully saturated rings. The lowest BCUT2D eigenvalue weighted by atomic mass is 9.95. The number of phenolic OH excluding ortho intramolecular Hbond substituents is 1. The van der Waals surface area contributed by atoms with Gasteiger partial charge in [-0.05, 0) is 29.7 Å². The molecule has 5 heteroatoms. The highest BCUT2D eigenvalue weighted by molar-refractivity contribution is 6.30. The highest BCUT2D eigenvalue weighted by Gasteiger charge is 2.23. The maximum Gasteiger partial charge on any atom is 0.146 e. The third kappa shape index (κ3) is 3.76. The van der Waals surface area contributed by atoms with Gasteiger partial charge in [0.1, 0.15) is 17.5 Å². The van der Waals surface area contributed by atoms with Gasteiger partial charge in [-0.3, -0.25) is 10.3 Å². The Hall–Kier alpha value is -2.14. The smallest absolute Gasteiger partial charge is 0.146 e. The molecule has 2 atom stereocenters. The van der Waals surface area contributed by atoms with Crippen LogP contribution in [0.4, 0.5) is 0 Å². The first-order valence-corrected chi connectivity index (χ1v) is 8.61. The fourth-order valence-corrected chi connectivity index (χ4v) is 2.89. The zero-order valence-corrected chi connectivity index (χ0v) is 14.9. The van der Waals surface area contributed by atoms with Crippen LogP contribution in [0, 0.1) is 5.92 Å². The molecule has 1 aromatic heterocycles. The fraction of sp³-hybridized carbons (Fsp3) is 0.250. The van der Waals surface area contributed by atoms with E-state index in [-0.39, 0.29) is 17.7 Å². The molecule has 3 aromatic rings. The Balaban J connectivity index is 2.10. The Morgan fingerprint density at radius 3 is 2.44 bits per heavy atom. The van der Waals surface area contributed by atoms with Crippen molar-refractivity contribution in [1.82, 2.24) is 10.3 Å². The minimum atomic E-state index is -0.723. The molecule has 2 aromatic carbocycles. The Bertz CT molecular complexity index is 865. The largest absolute Gasteiger partial charge is 0.505 e. The summed E-state index contributed by atoms with van der Waals surface area (Å²) in [5.74, 6) is 0.136. The van der Waals surface area contributed by atoms with E-state index in [2.05, 4.69) is 10.3 Å². The summed E-state index contributed by atoms with van der Waals surface area (Å²) in [7, 11) is 0. The summed E-state index contributed by atoms with van der Waals surface area (Å²) in [6.45, 7) is 3.86. The summed E-state index contributed by atoms with van der Waals surface area (Å²) < 4.78 is 0. The van der Waals surface area contributed by atoms with E-state index in [1.54, 1.807) is 18.3 Å². The first-order valence-electron chi connectivity index (χ1n) is 8.23. The van der Waals surface area contributed by atoms with Gasteiger partial charge >= 0.3 is 0 Å². The summed E-state index contributed by atoms with van der Waals surface area (Å²) >= 11 is 6.00. The molecule has 0 spiro atoms. The average Bonchev–Trinajstić information content (AvgIpc) is 2.61. The monoisotopic (exact) mass is 356 g/mol. The number of nitrogens with one attached hydrogen (secondary N) is 1. The van der Waals surface area contributed by atoms with Crippen LogP contribution in [0.1, 0.15) is 31.0 Å². The highest BCUT2D eigenvalue weighted by atomic mass is 35.5. The predicted molar refractivity (Wildman–Crippen MR) is 101 cm³/mol. The second-order valence-electron chi connectivity index (χ2n) is 6.42. The Morgan fingerprint density at radius 1 is 1.04 bits per heavy atom. The van der Waals surface area contributed by atoms with Gasteiger partial charge in [-0.25, -0.2) is 0 Å². The van der Waals surface area contributed by atoms with E-state index in [9.17, 15) is 10.2 Å². The van der Waals surface area contributed by atoms with Gasteiger partial charge in [-0.2, -0.15) is 0 Å². The number of aliphatic hydroxyl groups excluding tert-OH is 1. The number of rotatable bonds is 5. The van der Waals surface area contributed by atoms with E-state index in [0.29, 0.717) is 16.1 Å². The topological polar surface area (TPSA) is 65.4 Å². The van der Waals surface area contributed by atoms with Crippen molar-refractivity contribution in [2.45, 2.75) is 26.1 Å². The molecule has 0 radical (unpaired) electrons. The molecule has 0 aliphatic heterocycles. The SMILES string of the molecule is CC(C)C(O)NC(c1ccc(Cl)cc1)c1ccc2cccnc2c1O. The van der Waals surface area contributed by atoms with E-state index in [4.69, 9.17) is 11.6 Å². The van der Waals surface area contributed by atoms with E-state index in [0.717, 1.165) is 10.9 Å². The van der Waals surface area contributed by atoms with Gasteiger partial charge in [-0.1, -0.05) is 55.8 Å². The Labute approximate surface area is 152 Å². The number of aromatic hydroxyl groups is 1. The number of nitrogens with zero attached hydrogens (tertiary/aromatic N) is 1. The normalized spacial score (nSPS) is 14.0. The summed E-state index contributed by atoms with van der Waals surface area (Å²) in [6, 6.07) is 14.5. The zero-order chi connectivity index (χ0) is 18.0. The summed E-state index contributed by atoms with van der Waals surface area (Å²) in [6.07, 6.45) is 0.930. The molecule has 1 heterocycles. The molecule has 0 amide bonds. The number of halogens is 1. The number of benzene rings is 2. The number of phenols is 1. The maximum atomic E-state index is 10.8. The van der Waals surface area contributed by atoms with Crippen molar-refractivity contribution in [1.29, 1.82) is 0 Å². The van der Waals surface area contributed by atoms with Gasteiger partial charge in [0, 0.05) is 22.2 Å². The first kappa shape index (κ1) is 17.7. The van der Waals surface area contributed by atoms with Gasteiger partial charge in [-0.15, -0.1) is 0 Å². The second kappa shape index (κ2) is 7.40. The van der Waals surface area contributed by atoms with Gasteiger partial charge in [0.25, 0.3) is 0 Å². The van der Waals surface area contributed by atoms with Crippen molar-refractivity contribution in [3.63, 3.8) is 0 Å². The fourth-order valence-electron chi connectivity index (χ4n) is 2.76. The highest BCUT2D eigenvalue weighted by Crippen LogP contribution is 2.35. The van der Waals surface area contributed by atoms with E-state index < -0.39 is 6.23 Å².